The molecule has 22 heavy (non-hydrogen) atoms. The fourth-order valence-corrected chi connectivity index (χ4v) is 3.59. The molecule has 1 aromatic rings. The fraction of sp³-hybridized carbons (Fsp3) is 0.765. The molecule has 1 aliphatic carbocycles. The number of hydrogen-bond acceptors (Lipinski definition) is 2. The summed E-state index contributed by atoms with van der Waals surface area (Å²) in [4.78, 5) is 4.65. The number of aromatic amines is 1. The highest BCUT2D eigenvalue weighted by Gasteiger charge is 2.34. The summed E-state index contributed by atoms with van der Waals surface area (Å²) in [6.45, 7) is 9.31. The summed E-state index contributed by atoms with van der Waals surface area (Å²) in [5.41, 5.74) is 1.49. The van der Waals surface area contributed by atoms with Crippen LogP contribution >= 0.6 is 0 Å². The molecule has 3 N–H and O–H groups in total. The van der Waals surface area contributed by atoms with E-state index >= 15 is 0 Å². The molecular weight excluding hydrogens is 274 g/mol. The van der Waals surface area contributed by atoms with E-state index in [1.165, 1.54) is 32.1 Å². The van der Waals surface area contributed by atoms with E-state index in [2.05, 4.69) is 46.6 Å². The van der Waals surface area contributed by atoms with Crippen LogP contribution in [-0.4, -0.2) is 29.2 Å². The highest BCUT2D eigenvalue weighted by atomic mass is 15.2. The second-order valence-electron chi connectivity index (χ2n) is 6.94. The van der Waals surface area contributed by atoms with Crippen LogP contribution in [0, 0.1) is 11.3 Å². The molecule has 0 unspecified atom stereocenters. The van der Waals surface area contributed by atoms with Gasteiger partial charge in [0.2, 0.25) is 0 Å². The number of aliphatic imine (C=N–C) groups is 1. The van der Waals surface area contributed by atoms with Gasteiger partial charge in [-0.1, -0.05) is 26.7 Å². The van der Waals surface area contributed by atoms with Gasteiger partial charge in [-0.05, 0) is 43.6 Å². The molecule has 5 nitrogen and oxygen atoms in total. The first kappa shape index (κ1) is 16.8. The van der Waals surface area contributed by atoms with Crippen molar-refractivity contribution in [3.63, 3.8) is 0 Å². The summed E-state index contributed by atoms with van der Waals surface area (Å²) in [7, 11) is 0. The van der Waals surface area contributed by atoms with E-state index in [1.807, 2.05) is 6.07 Å². The predicted octanol–water partition coefficient (Wildman–Crippen LogP) is 3.07. The van der Waals surface area contributed by atoms with Gasteiger partial charge in [-0.3, -0.25) is 5.10 Å². The van der Waals surface area contributed by atoms with Gasteiger partial charge in [0.25, 0.3) is 0 Å². The van der Waals surface area contributed by atoms with Gasteiger partial charge in [-0.25, -0.2) is 4.99 Å². The van der Waals surface area contributed by atoms with E-state index in [4.69, 9.17) is 0 Å². The Kier molecular flexibility index (Phi) is 6.28. The first-order chi connectivity index (χ1) is 10.6. The van der Waals surface area contributed by atoms with Gasteiger partial charge in [0.15, 0.2) is 5.96 Å². The Bertz CT molecular complexity index is 444. The molecular formula is C17H31N5. The zero-order valence-corrected chi connectivity index (χ0v) is 14.3. The van der Waals surface area contributed by atoms with E-state index in [1.54, 1.807) is 6.20 Å². The van der Waals surface area contributed by atoms with E-state index in [0.29, 0.717) is 12.0 Å². The molecule has 124 valence electrons. The second-order valence-corrected chi connectivity index (χ2v) is 6.94. The van der Waals surface area contributed by atoms with Crippen molar-refractivity contribution in [1.82, 2.24) is 20.8 Å². The van der Waals surface area contributed by atoms with E-state index in [0.717, 1.165) is 30.7 Å². The highest BCUT2D eigenvalue weighted by molar-refractivity contribution is 5.79. The lowest BCUT2D eigenvalue weighted by Crippen LogP contribution is -2.43. The molecule has 2 rings (SSSR count). The minimum atomic E-state index is 0.457. The van der Waals surface area contributed by atoms with Crippen molar-refractivity contribution < 1.29 is 0 Å². The SMILES string of the molecule is CCNC(=NCc1ccn[nH]1)NCC1(CC(C)C)CCCC1. The number of rotatable bonds is 7. The minimum absolute atomic E-state index is 0.457. The Morgan fingerprint density at radius 1 is 1.36 bits per heavy atom. The maximum atomic E-state index is 4.65. The molecule has 0 bridgehead atoms. The second kappa shape index (κ2) is 8.20. The third kappa shape index (κ3) is 5.04. The minimum Gasteiger partial charge on any atom is -0.357 e. The van der Waals surface area contributed by atoms with E-state index in [-0.39, 0.29) is 0 Å². The summed E-state index contributed by atoms with van der Waals surface area (Å²) in [6, 6.07) is 1.96. The topological polar surface area (TPSA) is 65.1 Å². The monoisotopic (exact) mass is 305 g/mol. The Labute approximate surface area is 134 Å². The van der Waals surface area contributed by atoms with Crippen LogP contribution in [0.1, 0.15) is 58.6 Å². The lowest BCUT2D eigenvalue weighted by atomic mass is 9.78. The smallest absolute Gasteiger partial charge is 0.191 e. The quantitative estimate of drug-likeness (QED) is 0.536. The zero-order valence-electron chi connectivity index (χ0n) is 14.3. The van der Waals surface area contributed by atoms with Gasteiger partial charge in [-0.2, -0.15) is 5.10 Å². The van der Waals surface area contributed by atoms with Gasteiger partial charge in [0.05, 0.1) is 12.2 Å². The summed E-state index contributed by atoms with van der Waals surface area (Å²) in [6.07, 6.45) is 8.50. The van der Waals surface area contributed by atoms with Gasteiger partial charge in [0.1, 0.15) is 0 Å². The fourth-order valence-electron chi connectivity index (χ4n) is 3.59. The van der Waals surface area contributed by atoms with Crippen LogP contribution in [0.5, 0.6) is 0 Å². The van der Waals surface area contributed by atoms with Crippen molar-refractivity contribution in [3.8, 4) is 0 Å². The standard InChI is InChI=1S/C17H31N5/c1-4-18-16(19-12-15-7-10-21-22-15)20-13-17(11-14(2)3)8-5-6-9-17/h7,10,14H,4-6,8-9,11-13H2,1-3H3,(H,21,22)(H2,18,19,20). The molecule has 1 saturated carbocycles. The Morgan fingerprint density at radius 2 is 2.14 bits per heavy atom. The number of hydrogen-bond donors (Lipinski definition) is 3. The Hall–Kier alpha value is -1.52. The van der Waals surface area contributed by atoms with Gasteiger partial charge in [0, 0.05) is 19.3 Å². The molecule has 0 atom stereocenters. The maximum Gasteiger partial charge on any atom is 0.191 e. The van der Waals surface area contributed by atoms with E-state index < -0.39 is 0 Å². The highest BCUT2D eigenvalue weighted by Crippen LogP contribution is 2.42. The van der Waals surface area contributed by atoms with E-state index in [9.17, 15) is 0 Å². The van der Waals surface area contributed by atoms with Crippen molar-refractivity contribution in [3.05, 3.63) is 18.0 Å². The Morgan fingerprint density at radius 3 is 2.73 bits per heavy atom. The average molecular weight is 305 g/mol. The van der Waals surface area contributed by atoms with Crippen LogP contribution in [-0.2, 0) is 6.54 Å². The molecule has 0 aromatic carbocycles. The number of nitrogens with one attached hydrogen (secondary N) is 3. The van der Waals surface area contributed by atoms with Crippen LogP contribution in [0.25, 0.3) is 0 Å². The van der Waals surface area contributed by atoms with Crippen LogP contribution in [0.15, 0.2) is 17.3 Å². The molecule has 1 fully saturated rings. The van der Waals surface area contributed by atoms with Crippen molar-refractivity contribution in [2.75, 3.05) is 13.1 Å². The molecule has 0 saturated heterocycles. The van der Waals surface area contributed by atoms with Crippen molar-refractivity contribution in [2.24, 2.45) is 16.3 Å². The van der Waals surface area contributed by atoms with Crippen LogP contribution < -0.4 is 10.6 Å². The summed E-state index contributed by atoms with van der Waals surface area (Å²) < 4.78 is 0. The summed E-state index contributed by atoms with van der Waals surface area (Å²) in [5, 5.41) is 13.8. The molecule has 1 aromatic heterocycles. The lowest BCUT2D eigenvalue weighted by molar-refractivity contribution is 0.235. The van der Waals surface area contributed by atoms with Crippen LogP contribution in [0.2, 0.25) is 0 Å². The predicted molar refractivity (Wildman–Crippen MR) is 91.8 cm³/mol. The maximum absolute atomic E-state index is 4.65. The van der Waals surface area contributed by atoms with Crippen molar-refractivity contribution >= 4 is 5.96 Å². The summed E-state index contributed by atoms with van der Waals surface area (Å²) >= 11 is 0. The first-order valence-electron chi connectivity index (χ1n) is 8.64. The first-order valence-corrected chi connectivity index (χ1v) is 8.64. The third-order valence-electron chi connectivity index (χ3n) is 4.45. The largest absolute Gasteiger partial charge is 0.357 e. The number of H-pyrrole nitrogens is 1. The average Bonchev–Trinajstić information content (AvgIpc) is 3.13. The molecule has 1 heterocycles. The molecule has 1 aliphatic rings. The number of nitrogens with zero attached hydrogens (tertiary/aromatic N) is 2. The number of aromatic nitrogens is 2. The summed E-state index contributed by atoms with van der Waals surface area (Å²) in [5.74, 6) is 1.66. The van der Waals surface area contributed by atoms with Gasteiger partial charge >= 0.3 is 0 Å². The van der Waals surface area contributed by atoms with Gasteiger partial charge in [-0.15, -0.1) is 0 Å². The Balaban J connectivity index is 1.93. The lowest BCUT2D eigenvalue weighted by Gasteiger charge is -2.32. The molecule has 5 heteroatoms. The zero-order chi connectivity index (χ0) is 15.8. The normalized spacial score (nSPS) is 17.9. The van der Waals surface area contributed by atoms with Crippen molar-refractivity contribution in [1.29, 1.82) is 0 Å². The molecule has 0 aliphatic heterocycles. The molecule has 0 spiro atoms. The molecule has 0 radical (unpaired) electrons. The molecule has 0 amide bonds. The van der Waals surface area contributed by atoms with Crippen LogP contribution in [0.4, 0.5) is 0 Å². The van der Waals surface area contributed by atoms with Crippen LogP contribution in [0.3, 0.4) is 0 Å². The third-order valence-corrected chi connectivity index (χ3v) is 4.45. The van der Waals surface area contributed by atoms with Gasteiger partial charge < -0.3 is 10.6 Å². The number of guanidine groups is 1. The van der Waals surface area contributed by atoms with Crippen molar-refractivity contribution in [2.45, 2.75) is 59.4 Å².